The van der Waals surface area contributed by atoms with Gasteiger partial charge in [0.2, 0.25) is 0 Å². The third kappa shape index (κ3) is 2.85. The van der Waals surface area contributed by atoms with Gasteiger partial charge >= 0.3 is 5.97 Å². The molecule has 1 aromatic heterocycles. The number of carbonyl (C=O) groups is 1. The summed E-state index contributed by atoms with van der Waals surface area (Å²) in [6, 6.07) is 2.23. The monoisotopic (exact) mass is 243 g/mol. The molecule has 0 fully saturated rings. The van der Waals surface area contributed by atoms with Crippen molar-refractivity contribution < 1.29 is 9.53 Å². The van der Waals surface area contributed by atoms with Gasteiger partial charge in [0, 0.05) is 12.3 Å². The van der Waals surface area contributed by atoms with E-state index in [0.29, 0.717) is 18.1 Å². The second kappa shape index (κ2) is 5.70. The van der Waals surface area contributed by atoms with E-state index < -0.39 is 12.0 Å². The van der Waals surface area contributed by atoms with Gasteiger partial charge in [0.15, 0.2) is 0 Å². The Hall–Kier alpha value is -1.29. The van der Waals surface area contributed by atoms with Crippen molar-refractivity contribution in [2.75, 3.05) is 6.61 Å². The number of halogens is 1. The summed E-state index contributed by atoms with van der Waals surface area (Å²) < 4.78 is 6.21. The van der Waals surface area contributed by atoms with Crippen LogP contribution in [0.1, 0.15) is 26.3 Å². The van der Waals surface area contributed by atoms with Crippen LogP contribution in [0, 0.1) is 0 Å². The minimum Gasteiger partial charge on any atom is -0.464 e. The first kappa shape index (κ1) is 12.8. The fraction of sp³-hybridized carbons (Fsp3) is 0.455. The van der Waals surface area contributed by atoms with Crippen LogP contribution in [0.15, 0.2) is 23.1 Å². The Morgan fingerprint density at radius 3 is 2.75 bits per heavy atom. The molecule has 0 spiro atoms. The van der Waals surface area contributed by atoms with Crippen LogP contribution < -0.4 is 5.56 Å². The Balaban J connectivity index is 3.08. The number of nitrogens with zero attached hydrogens (tertiary/aromatic N) is 1. The van der Waals surface area contributed by atoms with E-state index in [1.165, 1.54) is 22.9 Å². The molecule has 5 heteroatoms. The van der Waals surface area contributed by atoms with Crippen molar-refractivity contribution in [3.8, 4) is 0 Å². The van der Waals surface area contributed by atoms with Crippen LogP contribution in [0.2, 0.25) is 5.02 Å². The highest BCUT2D eigenvalue weighted by molar-refractivity contribution is 6.30. The van der Waals surface area contributed by atoms with E-state index in [4.69, 9.17) is 16.3 Å². The van der Waals surface area contributed by atoms with Gasteiger partial charge in [-0.2, -0.15) is 0 Å². The second-order valence-electron chi connectivity index (χ2n) is 3.27. The maximum Gasteiger partial charge on any atom is 0.329 e. The zero-order valence-electron chi connectivity index (χ0n) is 9.27. The summed E-state index contributed by atoms with van der Waals surface area (Å²) in [5.74, 6) is -0.408. The highest BCUT2D eigenvalue weighted by atomic mass is 35.5. The van der Waals surface area contributed by atoms with Crippen LogP contribution in [0.4, 0.5) is 0 Å². The lowest BCUT2D eigenvalue weighted by Gasteiger charge is -2.16. The van der Waals surface area contributed by atoms with Gasteiger partial charge < -0.3 is 4.74 Å². The number of rotatable bonds is 4. The quantitative estimate of drug-likeness (QED) is 0.760. The summed E-state index contributed by atoms with van der Waals surface area (Å²) in [5.41, 5.74) is -0.260. The van der Waals surface area contributed by atoms with Crippen molar-refractivity contribution in [3.05, 3.63) is 33.7 Å². The maximum absolute atomic E-state index is 11.6. The van der Waals surface area contributed by atoms with Crippen LogP contribution in [0.3, 0.4) is 0 Å². The minimum atomic E-state index is -0.605. The Bertz CT molecular complexity index is 427. The fourth-order valence-electron chi connectivity index (χ4n) is 1.44. The van der Waals surface area contributed by atoms with E-state index in [-0.39, 0.29) is 5.56 Å². The van der Waals surface area contributed by atoms with Gasteiger partial charge in [0.1, 0.15) is 6.04 Å². The number of ether oxygens (including phenoxy) is 1. The van der Waals surface area contributed by atoms with Crippen molar-refractivity contribution >= 4 is 17.6 Å². The highest BCUT2D eigenvalue weighted by Gasteiger charge is 2.20. The minimum absolute atomic E-state index is 0.260. The lowest BCUT2D eigenvalue weighted by atomic mass is 10.2. The maximum atomic E-state index is 11.6. The zero-order chi connectivity index (χ0) is 12.1. The second-order valence-corrected chi connectivity index (χ2v) is 3.71. The molecule has 1 aromatic rings. The molecule has 0 saturated heterocycles. The number of carbonyl (C=O) groups excluding carboxylic acids is 1. The predicted molar refractivity (Wildman–Crippen MR) is 61.7 cm³/mol. The van der Waals surface area contributed by atoms with Gasteiger partial charge in [0.25, 0.3) is 5.56 Å². The summed E-state index contributed by atoms with van der Waals surface area (Å²) in [7, 11) is 0. The molecule has 0 bridgehead atoms. The molecule has 0 aliphatic carbocycles. The highest BCUT2D eigenvalue weighted by Crippen LogP contribution is 2.13. The summed E-state index contributed by atoms with van der Waals surface area (Å²) in [5, 5.41) is 0.419. The average molecular weight is 244 g/mol. The van der Waals surface area contributed by atoms with Crippen molar-refractivity contribution in [3.63, 3.8) is 0 Å². The van der Waals surface area contributed by atoms with Crippen molar-refractivity contribution in [2.24, 2.45) is 0 Å². The molecule has 88 valence electrons. The fourth-order valence-corrected chi connectivity index (χ4v) is 1.60. The standard InChI is InChI=1S/C11H14ClNO3/c1-3-9(11(15)16-4-2)13-7-8(12)5-6-10(13)14/h5-7,9H,3-4H2,1-2H3. The molecule has 0 amide bonds. The number of hydrogen-bond acceptors (Lipinski definition) is 3. The van der Waals surface area contributed by atoms with Crippen LogP contribution in [-0.2, 0) is 9.53 Å². The molecule has 0 radical (unpaired) electrons. The summed E-state index contributed by atoms with van der Waals surface area (Å²) in [4.78, 5) is 23.2. The normalized spacial score (nSPS) is 12.2. The first-order chi connectivity index (χ1) is 7.60. The van der Waals surface area contributed by atoms with Gasteiger partial charge in [-0.25, -0.2) is 4.79 Å². The smallest absolute Gasteiger partial charge is 0.329 e. The zero-order valence-corrected chi connectivity index (χ0v) is 10.0. The molecule has 16 heavy (non-hydrogen) atoms. The molecule has 1 atom stereocenters. The SMILES string of the molecule is CCOC(=O)C(CC)n1cc(Cl)ccc1=O. The molecule has 0 aliphatic heterocycles. The van der Waals surface area contributed by atoms with E-state index in [1.807, 2.05) is 6.92 Å². The molecular formula is C11H14ClNO3. The van der Waals surface area contributed by atoms with Crippen molar-refractivity contribution in [1.29, 1.82) is 0 Å². The van der Waals surface area contributed by atoms with Crippen molar-refractivity contribution in [1.82, 2.24) is 4.57 Å². The summed E-state index contributed by atoms with van der Waals surface area (Å²) in [6.07, 6.45) is 1.94. The molecular weight excluding hydrogens is 230 g/mol. The number of pyridine rings is 1. The predicted octanol–water partition coefficient (Wildman–Crippen LogP) is 2.02. The first-order valence-electron chi connectivity index (χ1n) is 5.14. The Morgan fingerprint density at radius 2 is 2.19 bits per heavy atom. The average Bonchev–Trinajstić information content (AvgIpc) is 2.24. The van der Waals surface area contributed by atoms with Crippen LogP contribution >= 0.6 is 11.6 Å². The molecule has 0 aromatic carbocycles. The van der Waals surface area contributed by atoms with E-state index >= 15 is 0 Å². The third-order valence-electron chi connectivity index (χ3n) is 2.18. The van der Waals surface area contributed by atoms with Gasteiger partial charge in [-0.15, -0.1) is 0 Å². The summed E-state index contributed by atoms with van der Waals surface area (Å²) in [6.45, 7) is 3.84. The Kier molecular flexibility index (Phi) is 4.55. The summed E-state index contributed by atoms with van der Waals surface area (Å²) >= 11 is 5.79. The molecule has 1 heterocycles. The molecule has 4 nitrogen and oxygen atoms in total. The molecule has 0 N–H and O–H groups in total. The van der Waals surface area contributed by atoms with Gasteiger partial charge in [0.05, 0.1) is 11.6 Å². The van der Waals surface area contributed by atoms with Gasteiger partial charge in [-0.3, -0.25) is 9.36 Å². The Labute approximate surface area is 98.8 Å². The van der Waals surface area contributed by atoms with Gasteiger partial charge in [-0.05, 0) is 19.4 Å². The van der Waals surface area contributed by atoms with E-state index in [2.05, 4.69) is 0 Å². The van der Waals surface area contributed by atoms with E-state index in [0.717, 1.165) is 0 Å². The molecule has 0 aliphatic rings. The first-order valence-corrected chi connectivity index (χ1v) is 5.52. The lowest BCUT2D eigenvalue weighted by Crippen LogP contribution is -2.29. The molecule has 1 unspecified atom stereocenters. The topological polar surface area (TPSA) is 48.3 Å². The van der Waals surface area contributed by atoms with Crippen LogP contribution in [0.25, 0.3) is 0 Å². The number of esters is 1. The largest absolute Gasteiger partial charge is 0.464 e. The Morgan fingerprint density at radius 1 is 1.50 bits per heavy atom. The molecule has 1 rings (SSSR count). The van der Waals surface area contributed by atoms with Crippen molar-refractivity contribution in [2.45, 2.75) is 26.3 Å². The van der Waals surface area contributed by atoms with E-state index in [9.17, 15) is 9.59 Å². The van der Waals surface area contributed by atoms with Crippen LogP contribution in [0.5, 0.6) is 0 Å². The lowest BCUT2D eigenvalue weighted by molar-refractivity contribution is -0.147. The van der Waals surface area contributed by atoms with E-state index in [1.54, 1.807) is 6.92 Å². The molecule has 0 saturated carbocycles. The third-order valence-corrected chi connectivity index (χ3v) is 2.41. The van der Waals surface area contributed by atoms with Gasteiger partial charge in [-0.1, -0.05) is 18.5 Å². The number of hydrogen-bond donors (Lipinski definition) is 0. The van der Waals surface area contributed by atoms with Crippen LogP contribution in [-0.4, -0.2) is 17.1 Å². The number of aromatic nitrogens is 1.